The van der Waals surface area contributed by atoms with Gasteiger partial charge in [0, 0.05) is 43.2 Å². The Bertz CT molecular complexity index is 1270. The van der Waals surface area contributed by atoms with Gasteiger partial charge in [-0.1, -0.05) is 54.6 Å². The number of hydrogen-bond acceptors (Lipinski definition) is 5. The highest BCUT2D eigenvalue weighted by Crippen LogP contribution is 2.33. The number of aromatic nitrogens is 2. The van der Waals surface area contributed by atoms with Crippen LogP contribution >= 0.6 is 0 Å². The Labute approximate surface area is 193 Å². The Morgan fingerprint density at radius 3 is 2.52 bits per heavy atom. The molecule has 4 aromatic rings. The van der Waals surface area contributed by atoms with Crippen molar-refractivity contribution in [2.75, 3.05) is 17.6 Å². The van der Waals surface area contributed by atoms with Crippen LogP contribution < -0.4 is 11.1 Å². The Kier molecular flexibility index (Phi) is 5.85. The van der Waals surface area contributed by atoms with E-state index in [0.717, 1.165) is 41.9 Å². The molecule has 3 aromatic carbocycles. The predicted molar refractivity (Wildman–Crippen MR) is 132 cm³/mol. The van der Waals surface area contributed by atoms with Crippen molar-refractivity contribution in [1.82, 2.24) is 9.97 Å². The quantitative estimate of drug-likeness (QED) is 0.318. The number of benzene rings is 3. The summed E-state index contributed by atoms with van der Waals surface area (Å²) in [6, 6.07) is 24.3. The van der Waals surface area contributed by atoms with E-state index in [1.54, 1.807) is 12.4 Å². The number of hydrogen-bond donors (Lipinski definition) is 2. The number of nitrogens with zero attached hydrogens (tertiary/aromatic N) is 2. The number of fused-ring (bicyclic) bond motifs is 1. The second kappa shape index (κ2) is 9.25. The topological polar surface area (TPSA) is 80.9 Å². The fraction of sp³-hybridized carbons (Fsp3) is 0.179. The molecule has 164 valence electrons. The van der Waals surface area contributed by atoms with E-state index in [4.69, 9.17) is 5.73 Å². The number of carbonyl (C=O) groups is 1. The summed E-state index contributed by atoms with van der Waals surface area (Å²) in [5, 5.41) is 3.45. The molecule has 5 heteroatoms. The summed E-state index contributed by atoms with van der Waals surface area (Å²) in [6.45, 7) is 0.946. The lowest BCUT2D eigenvalue weighted by Crippen LogP contribution is -2.19. The van der Waals surface area contributed by atoms with Crippen LogP contribution in [-0.2, 0) is 12.8 Å². The van der Waals surface area contributed by atoms with E-state index in [1.807, 2.05) is 54.6 Å². The van der Waals surface area contributed by atoms with Gasteiger partial charge in [0.1, 0.15) is 5.82 Å². The highest BCUT2D eigenvalue weighted by molar-refractivity contribution is 5.97. The zero-order chi connectivity index (χ0) is 22.6. The summed E-state index contributed by atoms with van der Waals surface area (Å²) in [6.07, 6.45) is 5.32. The van der Waals surface area contributed by atoms with E-state index >= 15 is 0 Å². The number of anilines is 2. The Hall–Kier alpha value is -3.99. The fourth-order valence-electron chi connectivity index (χ4n) is 4.43. The van der Waals surface area contributed by atoms with Gasteiger partial charge in [-0.05, 0) is 52.8 Å². The minimum absolute atomic E-state index is 0.0364. The third kappa shape index (κ3) is 4.62. The first-order valence-electron chi connectivity index (χ1n) is 11.3. The van der Waals surface area contributed by atoms with Gasteiger partial charge in [0.2, 0.25) is 0 Å². The van der Waals surface area contributed by atoms with Gasteiger partial charge in [-0.25, -0.2) is 9.97 Å². The SMILES string of the molecule is Nc1ccc(-c2ccccc2)cc1CC(=O)c1cnc(CC2CCNc3ccccc32)nc1. The normalized spacial score (nSPS) is 14.8. The average molecular weight is 435 g/mol. The zero-order valence-electron chi connectivity index (χ0n) is 18.4. The predicted octanol–water partition coefficient (Wildman–Crippen LogP) is 5.29. The lowest BCUT2D eigenvalue weighted by atomic mass is 9.88. The fourth-order valence-corrected chi connectivity index (χ4v) is 4.43. The second-order valence-corrected chi connectivity index (χ2v) is 8.47. The molecule has 0 saturated heterocycles. The van der Waals surface area contributed by atoms with Crippen LogP contribution in [-0.4, -0.2) is 22.3 Å². The summed E-state index contributed by atoms with van der Waals surface area (Å²) in [5.41, 5.74) is 12.7. The molecule has 0 amide bonds. The van der Waals surface area contributed by atoms with Crippen molar-refractivity contribution in [3.8, 4) is 11.1 Å². The van der Waals surface area contributed by atoms with E-state index in [2.05, 4.69) is 33.5 Å². The lowest BCUT2D eigenvalue weighted by Gasteiger charge is -2.26. The third-order valence-electron chi connectivity index (χ3n) is 6.27. The summed E-state index contributed by atoms with van der Waals surface area (Å²) < 4.78 is 0. The zero-order valence-corrected chi connectivity index (χ0v) is 18.4. The minimum atomic E-state index is -0.0364. The molecule has 33 heavy (non-hydrogen) atoms. The number of para-hydroxylation sites is 1. The third-order valence-corrected chi connectivity index (χ3v) is 6.27. The number of rotatable bonds is 6. The molecular formula is C28H26N4O. The monoisotopic (exact) mass is 434 g/mol. The van der Waals surface area contributed by atoms with Gasteiger partial charge in [0.25, 0.3) is 0 Å². The molecule has 5 nitrogen and oxygen atoms in total. The van der Waals surface area contributed by atoms with Gasteiger partial charge in [0.05, 0.1) is 5.56 Å². The average Bonchev–Trinajstić information content (AvgIpc) is 2.86. The minimum Gasteiger partial charge on any atom is -0.398 e. The lowest BCUT2D eigenvalue weighted by molar-refractivity contribution is 0.0992. The highest BCUT2D eigenvalue weighted by Gasteiger charge is 2.21. The number of nitrogen functional groups attached to an aromatic ring is 1. The number of carbonyl (C=O) groups excluding carboxylic acids is 1. The molecule has 0 saturated carbocycles. The molecule has 0 aliphatic carbocycles. The summed E-state index contributed by atoms with van der Waals surface area (Å²) in [5.74, 6) is 1.11. The van der Waals surface area contributed by atoms with Crippen molar-refractivity contribution in [3.05, 3.63) is 108 Å². The standard InChI is InChI=1S/C28H26N4O/c29-25-11-10-20(19-6-2-1-3-7-19)14-22(25)15-27(33)23-17-31-28(32-18-23)16-21-12-13-30-26-9-5-4-8-24(21)26/h1-11,14,17-18,21,30H,12-13,15-16,29H2. The van der Waals surface area contributed by atoms with E-state index in [1.165, 1.54) is 11.3 Å². The maximum absolute atomic E-state index is 12.9. The molecule has 0 spiro atoms. The summed E-state index contributed by atoms with van der Waals surface area (Å²) in [7, 11) is 0. The van der Waals surface area contributed by atoms with Crippen molar-refractivity contribution in [1.29, 1.82) is 0 Å². The van der Waals surface area contributed by atoms with Crippen molar-refractivity contribution >= 4 is 17.2 Å². The van der Waals surface area contributed by atoms with Crippen LogP contribution in [0.4, 0.5) is 11.4 Å². The van der Waals surface area contributed by atoms with E-state index in [-0.39, 0.29) is 12.2 Å². The molecule has 0 fully saturated rings. The van der Waals surface area contributed by atoms with Crippen molar-refractivity contribution in [2.45, 2.75) is 25.2 Å². The second-order valence-electron chi connectivity index (χ2n) is 8.47. The van der Waals surface area contributed by atoms with Crippen LogP contribution in [0.1, 0.15) is 39.6 Å². The summed E-state index contributed by atoms with van der Waals surface area (Å²) in [4.78, 5) is 22.0. The van der Waals surface area contributed by atoms with Gasteiger partial charge >= 0.3 is 0 Å². The van der Waals surface area contributed by atoms with Crippen LogP contribution in [0.2, 0.25) is 0 Å². The van der Waals surface area contributed by atoms with E-state index in [0.29, 0.717) is 17.2 Å². The molecule has 1 atom stereocenters. The van der Waals surface area contributed by atoms with Crippen molar-refractivity contribution in [3.63, 3.8) is 0 Å². The van der Waals surface area contributed by atoms with E-state index in [9.17, 15) is 4.79 Å². The van der Waals surface area contributed by atoms with Crippen LogP contribution in [0.25, 0.3) is 11.1 Å². The van der Waals surface area contributed by atoms with Crippen LogP contribution in [0.3, 0.4) is 0 Å². The number of ketones is 1. The van der Waals surface area contributed by atoms with Gasteiger partial charge in [-0.2, -0.15) is 0 Å². The van der Waals surface area contributed by atoms with E-state index < -0.39 is 0 Å². The van der Waals surface area contributed by atoms with Crippen LogP contribution in [0.15, 0.2) is 85.2 Å². The maximum Gasteiger partial charge on any atom is 0.170 e. The molecule has 0 radical (unpaired) electrons. The van der Waals surface area contributed by atoms with Crippen molar-refractivity contribution in [2.24, 2.45) is 0 Å². The molecular weight excluding hydrogens is 408 g/mol. The Balaban J connectivity index is 1.29. The highest BCUT2D eigenvalue weighted by atomic mass is 16.1. The first-order valence-corrected chi connectivity index (χ1v) is 11.3. The maximum atomic E-state index is 12.9. The number of nitrogens with one attached hydrogen (secondary N) is 1. The smallest absolute Gasteiger partial charge is 0.170 e. The molecule has 3 N–H and O–H groups in total. The molecule has 0 bridgehead atoms. The van der Waals surface area contributed by atoms with Gasteiger partial charge < -0.3 is 11.1 Å². The molecule has 5 rings (SSSR count). The first kappa shape index (κ1) is 20.9. The van der Waals surface area contributed by atoms with Crippen LogP contribution in [0.5, 0.6) is 0 Å². The molecule has 1 unspecified atom stereocenters. The number of Topliss-reactive ketones (excluding diaryl/α,β-unsaturated/α-hetero) is 1. The van der Waals surface area contributed by atoms with Gasteiger partial charge in [-0.3, -0.25) is 4.79 Å². The molecule has 1 aliphatic rings. The molecule has 1 aliphatic heterocycles. The Morgan fingerprint density at radius 2 is 1.70 bits per heavy atom. The molecule has 2 heterocycles. The van der Waals surface area contributed by atoms with Gasteiger partial charge in [-0.15, -0.1) is 0 Å². The van der Waals surface area contributed by atoms with Crippen molar-refractivity contribution < 1.29 is 4.79 Å². The summed E-state index contributed by atoms with van der Waals surface area (Å²) >= 11 is 0. The first-order chi connectivity index (χ1) is 16.2. The molecule has 1 aromatic heterocycles. The largest absolute Gasteiger partial charge is 0.398 e. The number of nitrogens with two attached hydrogens (primary N) is 1. The Morgan fingerprint density at radius 1 is 0.939 bits per heavy atom. The van der Waals surface area contributed by atoms with Crippen LogP contribution in [0, 0.1) is 0 Å². The van der Waals surface area contributed by atoms with Gasteiger partial charge in [0.15, 0.2) is 5.78 Å².